The summed E-state index contributed by atoms with van der Waals surface area (Å²) >= 11 is 5.52. The average molecular weight is 1400 g/mol. The molecule has 506 valence electrons. The Morgan fingerprint density at radius 3 is 1.47 bits per heavy atom. The maximum absolute atomic E-state index is 14.7. The molecule has 0 bridgehead atoms. The van der Waals surface area contributed by atoms with E-state index in [0.29, 0.717) is 99.5 Å². The Bertz CT molecular complexity index is 4030. The molecule has 10 rings (SSSR count). The second-order valence-electron chi connectivity index (χ2n) is 21.9. The third-order valence-electron chi connectivity index (χ3n) is 14.6. The van der Waals surface area contributed by atoms with Gasteiger partial charge in [0.05, 0.1) is 63.8 Å². The van der Waals surface area contributed by atoms with E-state index in [4.69, 9.17) is 42.0 Å². The fourth-order valence-electron chi connectivity index (χ4n) is 9.92. The summed E-state index contributed by atoms with van der Waals surface area (Å²) in [4.78, 5) is 42.5. The van der Waals surface area contributed by atoms with Gasteiger partial charge >= 0.3 is 0 Å². The highest BCUT2D eigenvalue weighted by Crippen LogP contribution is 2.34. The van der Waals surface area contributed by atoms with Crippen molar-refractivity contribution < 1.29 is 79.8 Å². The van der Waals surface area contributed by atoms with Crippen molar-refractivity contribution in [3.8, 4) is 0 Å². The molecule has 3 unspecified atom stereocenters. The number of ether oxygens (including phenoxy) is 4. The molecule has 93 heavy (non-hydrogen) atoms. The zero-order valence-corrected chi connectivity index (χ0v) is 55.9. The van der Waals surface area contributed by atoms with Crippen LogP contribution < -0.4 is 16.4 Å². The first-order valence-electron chi connectivity index (χ1n) is 28.9. The number of hydrogen-bond acceptors (Lipinski definition) is 21. The largest absolute Gasteiger partial charge is 0.499 e. The molecule has 6 heterocycles. The molecule has 3 atom stereocenters. The quantitative estimate of drug-likeness (QED) is 0.0705. The van der Waals surface area contributed by atoms with E-state index >= 15 is 0 Å². The number of benzene rings is 4. The monoisotopic (exact) mass is 1400 g/mol. The maximum Gasteiger partial charge on any atom is 0.222 e. The second-order valence-corrected chi connectivity index (χ2v) is 30.4. The van der Waals surface area contributed by atoms with E-state index < -0.39 is 74.7 Å². The minimum atomic E-state index is -3.48. The molecule has 2 aromatic heterocycles. The Balaban J connectivity index is 0.000000190. The van der Waals surface area contributed by atoms with Crippen molar-refractivity contribution in [3.63, 3.8) is 0 Å². The van der Waals surface area contributed by atoms with Crippen LogP contribution in [0.5, 0.6) is 0 Å². The number of sulfone groups is 4. The van der Waals surface area contributed by atoms with Crippen LogP contribution >= 0.6 is 11.6 Å². The summed E-state index contributed by atoms with van der Waals surface area (Å²) in [5.41, 5.74) is 14.1. The van der Waals surface area contributed by atoms with Crippen molar-refractivity contribution in [3.05, 3.63) is 153 Å². The molecule has 4 N–H and O–H groups in total. The zero-order valence-electron chi connectivity index (χ0n) is 51.9. The number of amides is 2. The zero-order chi connectivity index (χ0) is 68.4. The standard InChI is InChI=1S/C17H21FN4O3S.C13H16FNO4S.C13H14FNO4S.C13H17FO3S.C5H6ClN3/c1-11-8-16(21-17(19)20-11)22-6-3-7-25-10-15(22)13-5-4-12(9-14(13)18)26(2,23)24;2*1-20(17,18)10-3-4-11(12(14)7-10)13-8-19-6-2-5-15(13)9-16;1-18(15,16)11-5-6-12(13(14)8-11)10-4-2-3-7-17-9-10;1-3-2-4(6)9-5(7)8-3/h4-5,8-9,15H,3,6-7,10H2,1-2H3,(H2,19,20,21);3-4,7,9,13H,2,5-6,8H2,1H3;3-4,7-9H,2,5-6H2,1H3;5-6,8,10H,2-4,7,9H2,1H3;2H,1H3,(H2,7,8,9). The second kappa shape index (κ2) is 33.6. The van der Waals surface area contributed by atoms with Crippen molar-refractivity contribution in [1.29, 1.82) is 0 Å². The fourth-order valence-corrected chi connectivity index (χ4v) is 12.7. The molecular weight excluding hydrogens is 1320 g/mol. The molecule has 4 aliphatic rings. The highest BCUT2D eigenvalue weighted by atomic mass is 35.5. The Labute approximate surface area is 544 Å². The smallest absolute Gasteiger partial charge is 0.222 e. The van der Waals surface area contributed by atoms with Crippen molar-refractivity contribution in [2.24, 2.45) is 0 Å². The highest BCUT2D eigenvalue weighted by molar-refractivity contribution is 7.91. The van der Waals surface area contributed by atoms with Crippen molar-refractivity contribution >= 4 is 87.2 Å². The van der Waals surface area contributed by atoms with Crippen LogP contribution in [0, 0.1) is 37.1 Å². The van der Waals surface area contributed by atoms with Crippen LogP contribution in [-0.2, 0) is 67.9 Å². The predicted molar refractivity (Wildman–Crippen MR) is 341 cm³/mol. The summed E-state index contributed by atoms with van der Waals surface area (Å²) in [6.07, 6.45) is 11.7. The number of rotatable bonds is 11. The van der Waals surface area contributed by atoms with Crippen LogP contribution in [0.1, 0.15) is 90.2 Å². The van der Waals surface area contributed by atoms with E-state index in [1.165, 1.54) is 58.5 Å². The van der Waals surface area contributed by atoms with Gasteiger partial charge in [0.1, 0.15) is 40.5 Å². The fraction of sp³-hybridized carbons (Fsp3) is 0.410. The molecule has 3 fully saturated rings. The van der Waals surface area contributed by atoms with E-state index in [1.54, 1.807) is 18.2 Å². The molecule has 32 heteroatoms. The maximum atomic E-state index is 14.7. The normalized spacial score (nSPS) is 18.2. The van der Waals surface area contributed by atoms with Crippen molar-refractivity contribution in [1.82, 2.24) is 29.7 Å². The summed E-state index contributed by atoms with van der Waals surface area (Å²) in [5.74, 6) is -1.40. The molecule has 4 aromatic carbocycles. The first-order chi connectivity index (χ1) is 43.8. The number of anilines is 3. The molecule has 3 saturated heterocycles. The van der Waals surface area contributed by atoms with Gasteiger partial charge in [-0.2, -0.15) is 4.98 Å². The van der Waals surface area contributed by atoms with Crippen LogP contribution in [0.3, 0.4) is 0 Å². The molecule has 0 spiro atoms. The number of aryl methyl sites for hydroxylation is 2. The predicted octanol–water partition coefficient (Wildman–Crippen LogP) is 7.97. The lowest BCUT2D eigenvalue weighted by Gasteiger charge is -2.31. The summed E-state index contributed by atoms with van der Waals surface area (Å²) in [5, 5.41) is 0.389. The Kier molecular flexibility index (Phi) is 27.0. The van der Waals surface area contributed by atoms with Gasteiger partial charge in [-0.25, -0.2) is 66.2 Å². The lowest BCUT2D eigenvalue weighted by Crippen LogP contribution is -2.32. The van der Waals surface area contributed by atoms with Crippen molar-refractivity contribution in [2.75, 3.05) is 107 Å². The van der Waals surface area contributed by atoms with Gasteiger partial charge in [0.25, 0.3) is 0 Å². The van der Waals surface area contributed by atoms with Crippen molar-refractivity contribution in [2.45, 2.75) is 90.0 Å². The highest BCUT2D eigenvalue weighted by Gasteiger charge is 2.30. The van der Waals surface area contributed by atoms with E-state index in [0.717, 1.165) is 87.3 Å². The number of carbonyl (C=O) groups excluding carboxylic acids is 2. The number of halogens is 5. The van der Waals surface area contributed by atoms with Gasteiger partial charge in [-0.15, -0.1) is 0 Å². The van der Waals surface area contributed by atoms with Crippen LogP contribution in [0.25, 0.3) is 5.70 Å². The molecule has 0 radical (unpaired) electrons. The van der Waals surface area contributed by atoms with E-state index in [9.17, 15) is 60.8 Å². The molecule has 0 saturated carbocycles. The number of nitrogen functional groups attached to an aromatic ring is 2. The Morgan fingerprint density at radius 1 is 0.516 bits per heavy atom. The molecule has 6 aromatic rings. The van der Waals surface area contributed by atoms with E-state index in [-0.39, 0.29) is 67.4 Å². The van der Waals surface area contributed by atoms with Gasteiger partial charge in [-0.1, -0.05) is 36.2 Å². The van der Waals surface area contributed by atoms with Crippen LogP contribution in [0.4, 0.5) is 35.3 Å². The van der Waals surface area contributed by atoms with Crippen LogP contribution in [-0.4, -0.2) is 167 Å². The number of hydrogen-bond donors (Lipinski definition) is 2. The van der Waals surface area contributed by atoms with Gasteiger partial charge in [0.15, 0.2) is 39.3 Å². The van der Waals surface area contributed by atoms with Crippen LogP contribution in [0.2, 0.25) is 5.15 Å². The number of carbonyl (C=O) groups is 2. The Morgan fingerprint density at radius 2 is 0.978 bits per heavy atom. The number of aromatic nitrogens is 4. The van der Waals surface area contributed by atoms with Gasteiger partial charge in [-0.3, -0.25) is 9.59 Å². The summed E-state index contributed by atoms with van der Waals surface area (Å²) in [6, 6.07) is 17.9. The van der Waals surface area contributed by atoms with Crippen LogP contribution in [0.15, 0.2) is 111 Å². The summed E-state index contributed by atoms with van der Waals surface area (Å²) in [7, 11) is -13.8. The lowest BCUT2D eigenvalue weighted by molar-refractivity contribution is -0.120. The molecule has 0 aliphatic carbocycles. The van der Waals surface area contributed by atoms with E-state index in [1.807, 2.05) is 18.7 Å². The molecule has 4 aliphatic heterocycles. The average Bonchev–Trinajstić information content (AvgIpc) is 1.67. The number of nitrogens with two attached hydrogens (primary N) is 2. The Hall–Kier alpha value is -7.39. The van der Waals surface area contributed by atoms with Gasteiger partial charge in [0, 0.05) is 105 Å². The first-order valence-corrected chi connectivity index (χ1v) is 36.8. The summed E-state index contributed by atoms with van der Waals surface area (Å²) in [6.45, 7) is 8.34. The van der Waals surface area contributed by atoms with Gasteiger partial charge in [0.2, 0.25) is 24.7 Å². The molecular formula is C61H74ClF4N9O14S4. The minimum absolute atomic E-state index is 0.0262. The molecule has 2 amide bonds. The van der Waals surface area contributed by atoms with E-state index in [2.05, 4.69) is 19.9 Å². The van der Waals surface area contributed by atoms with Gasteiger partial charge < -0.3 is 45.1 Å². The van der Waals surface area contributed by atoms with Gasteiger partial charge in [-0.05, 0) is 112 Å². The topological polar surface area (TPSA) is 321 Å². The minimum Gasteiger partial charge on any atom is -0.499 e. The lowest BCUT2D eigenvalue weighted by atomic mass is 9.94. The number of nitrogens with zero attached hydrogens (tertiary/aromatic N) is 7. The third kappa shape index (κ3) is 22.1. The third-order valence-corrected chi connectivity index (χ3v) is 19.2. The first kappa shape index (κ1) is 74.6. The molecule has 23 nitrogen and oxygen atoms in total. The summed E-state index contributed by atoms with van der Waals surface area (Å²) < 4.78 is 170. The SMILES string of the molecule is CS(=O)(=O)c1ccc(C2=COCCCN2C=O)c(F)c1.CS(=O)(=O)c1ccc(C2CCCCOC2)c(F)c1.CS(=O)(=O)c1ccc(C2COCCCN2C=O)c(F)c1.Cc1cc(Cl)nc(N)n1.Cc1cc(N2CCCOCC2c2ccc(S(C)(=O)=O)cc2F)nc(N)n1.